The Morgan fingerprint density at radius 2 is 0.250 bits per heavy atom. The molecule has 0 spiro atoms. The van der Waals surface area contributed by atoms with Crippen LogP contribution in [0.5, 0.6) is 0 Å². The van der Waals surface area contributed by atoms with Crippen molar-refractivity contribution in [3.05, 3.63) is 0 Å². The number of carbonyl (C=O) groups excluding carboxylic acids is 12. The van der Waals surface area contributed by atoms with Gasteiger partial charge in [0.25, 0.3) is 0 Å². The summed E-state index contributed by atoms with van der Waals surface area (Å²) >= 11 is 0. The second-order valence-electron chi connectivity index (χ2n) is 11.7. The first-order valence-corrected chi connectivity index (χ1v) is 16.3. The van der Waals surface area contributed by atoms with E-state index in [9.17, 15) is 119 Å². The molecule has 0 saturated heterocycles. The van der Waals surface area contributed by atoms with Gasteiger partial charge in [0.2, 0.25) is 0 Å². The van der Waals surface area contributed by atoms with Gasteiger partial charge in [-0.3, -0.25) is 29.4 Å². The van der Waals surface area contributed by atoms with E-state index in [0.29, 0.717) is 0 Å². The van der Waals surface area contributed by atoms with Gasteiger partial charge in [0.15, 0.2) is 0 Å². The largest absolute Gasteiger partial charge is 3.00 e. The molecule has 64 heavy (non-hydrogen) atoms. The Morgan fingerprint density at radius 1 is 0.188 bits per heavy atom. The number of rotatable bonds is 33. The van der Waals surface area contributed by atoms with Gasteiger partial charge in [0.05, 0.1) is 71.6 Å². The van der Waals surface area contributed by atoms with Crippen LogP contribution in [-0.4, -0.2) is 219 Å². The molecule has 0 aliphatic heterocycles. The number of hydrogen-bond donors (Lipinski definition) is 0. The van der Waals surface area contributed by atoms with Crippen molar-refractivity contribution in [3.8, 4) is 0 Å². The Balaban J connectivity index is -0.000000148. The van der Waals surface area contributed by atoms with Crippen LogP contribution in [-0.2, 0) is 57.5 Å². The SMILES string of the molecule is O=C([O-])CN(CCN(CC(=O)[O-])CC(=O)[O-])CC(=O)[O-].O=C([O-])CN(CCN(CC(=O)[O-])CC(=O)[O-])CC(=O)[O-].O=C([O-])CN(CCN(CC(=O)[O-])CC(=O)[O-])CC(=O)[O-].[La+3].[La+3].[La+3].[La+3]. The van der Waals surface area contributed by atoms with Crippen LogP contribution in [0, 0.1) is 142 Å². The maximum absolute atomic E-state index is 10.4. The Kier molecular flexibility index (Phi) is 53.7. The van der Waals surface area contributed by atoms with E-state index in [1.54, 1.807) is 0 Å². The summed E-state index contributed by atoms with van der Waals surface area (Å²) < 4.78 is 0. The van der Waals surface area contributed by atoms with Crippen molar-refractivity contribution < 1.29 is 261 Å². The molecule has 0 saturated carbocycles. The quantitative estimate of drug-likeness (QED) is 0.0589. The molecule has 0 aromatic carbocycles. The van der Waals surface area contributed by atoms with Gasteiger partial charge in [-0.15, -0.1) is 0 Å². The molecule has 0 aliphatic carbocycles. The summed E-state index contributed by atoms with van der Waals surface area (Å²) in [5.41, 5.74) is 0. The third-order valence-corrected chi connectivity index (χ3v) is 6.43. The molecule has 0 aromatic heterocycles. The zero-order chi connectivity index (χ0) is 47.1. The summed E-state index contributed by atoms with van der Waals surface area (Å²) in [7, 11) is 0. The number of carboxylic acids is 12. The molecule has 30 nitrogen and oxygen atoms in total. The first-order valence-electron chi connectivity index (χ1n) is 16.3. The summed E-state index contributed by atoms with van der Waals surface area (Å²) in [5.74, 6) is -18.4. The second kappa shape index (κ2) is 45.0. The van der Waals surface area contributed by atoms with Crippen LogP contribution in [0.25, 0.3) is 0 Å². The Hall–Kier alpha value is -1.82. The monoisotopic (exact) mass is 1420 g/mol. The molecular formula is C30H36La4N6O24. The Morgan fingerprint density at radius 3 is 0.297 bits per heavy atom. The Labute approximate surface area is 474 Å². The van der Waals surface area contributed by atoms with E-state index in [1.807, 2.05) is 0 Å². The molecule has 0 fully saturated rings. The predicted octanol–water partition coefficient (Wildman–Crippen LogP) is -22.2. The van der Waals surface area contributed by atoms with Gasteiger partial charge in [0, 0.05) is 118 Å². The van der Waals surface area contributed by atoms with E-state index in [1.165, 1.54) is 0 Å². The van der Waals surface area contributed by atoms with Crippen molar-refractivity contribution in [2.75, 3.05) is 118 Å². The van der Waals surface area contributed by atoms with E-state index in [4.69, 9.17) is 0 Å². The van der Waals surface area contributed by atoms with Crippen molar-refractivity contribution in [3.63, 3.8) is 0 Å². The van der Waals surface area contributed by atoms with Gasteiger partial charge in [-0.25, -0.2) is 0 Å². The van der Waals surface area contributed by atoms with Crippen molar-refractivity contribution in [2.45, 2.75) is 0 Å². The summed E-state index contributed by atoms with van der Waals surface area (Å²) in [6, 6.07) is 0. The third kappa shape index (κ3) is 56.3. The fourth-order valence-corrected chi connectivity index (χ4v) is 4.32. The molecule has 0 aromatic rings. The van der Waals surface area contributed by atoms with Gasteiger partial charge in [-0.1, -0.05) is 0 Å². The van der Waals surface area contributed by atoms with Gasteiger partial charge in [-0.2, -0.15) is 0 Å². The van der Waals surface area contributed by atoms with E-state index in [0.717, 1.165) is 29.4 Å². The number of hydrogen-bond acceptors (Lipinski definition) is 30. The predicted molar refractivity (Wildman–Crippen MR) is 159 cm³/mol. The average Bonchev–Trinajstić information content (AvgIpc) is 3.02. The minimum atomic E-state index is -1.53. The van der Waals surface area contributed by atoms with Crippen LogP contribution in [0.2, 0.25) is 0 Å². The van der Waals surface area contributed by atoms with Gasteiger partial charge < -0.3 is 119 Å². The molecular weight excluding hydrogens is 1380 g/mol. The molecule has 0 rings (SSSR count). The average molecular weight is 1420 g/mol. The van der Waals surface area contributed by atoms with Gasteiger partial charge in [0.1, 0.15) is 0 Å². The standard InChI is InChI=1S/3C10H16N2O8.4La/c3*13-7(14)3-11(4-8(15)16)1-2-12(5-9(17)18)6-10(19)20;;;;/h3*1-6H2,(H,13,14)(H,15,16)(H,17,18)(H,19,20);;;;/q;;;4*+3/p-12. The van der Waals surface area contributed by atoms with Crippen LogP contribution in [0.1, 0.15) is 0 Å². The number of nitrogens with zero attached hydrogens (tertiary/aromatic N) is 6. The molecule has 0 bridgehead atoms. The van der Waals surface area contributed by atoms with Gasteiger partial charge >= 0.3 is 142 Å². The normalized spacial score (nSPS) is 10.0. The molecule has 34 heteroatoms. The first-order chi connectivity index (χ1) is 27.6. The summed E-state index contributed by atoms with van der Waals surface area (Å²) in [5, 5.41) is 125. The summed E-state index contributed by atoms with van der Waals surface area (Å²) in [4.78, 5) is 130. The molecule has 0 atom stereocenters. The fraction of sp³-hybridized carbons (Fsp3) is 0.600. The number of aliphatic carboxylic acids is 12. The van der Waals surface area contributed by atoms with Crippen LogP contribution in [0.3, 0.4) is 0 Å². The number of carbonyl (C=O) groups is 12. The van der Waals surface area contributed by atoms with Crippen LogP contribution in [0.4, 0.5) is 0 Å². The fourth-order valence-electron chi connectivity index (χ4n) is 4.32. The van der Waals surface area contributed by atoms with Crippen molar-refractivity contribution in [1.29, 1.82) is 0 Å². The molecule has 0 aliphatic rings. The van der Waals surface area contributed by atoms with Crippen molar-refractivity contribution >= 4 is 71.6 Å². The third-order valence-electron chi connectivity index (χ3n) is 6.43. The molecule has 0 unspecified atom stereocenters. The second-order valence-corrected chi connectivity index (χ2v) is 11.7. The van der Waals surface area contributed by atoms with Crippen LogP contribution in [0.15, 0.2) is 0 Å². The van der Waals surface area contributed by atoms with Crippen molar-refractivity contribution in [2.24, 2.45) is 0 Å². The number of carboxylic acid groups (broad SMARTS) is 12. The van der Waals surface area contributed by atoms with E-state index in [2.05, 4.69) is 0 Å². The molecule has 0 radical (unpaired) electrons. The van der Waals surface area contributed by atoms with Crippen LogP contribution >= 0.6 is 0 Å². The minimum absolute atomic E-state index is 0. The topological polar surface area (TPSA) is 501 Å². The maximum atomic E-state index is 10.4. The van der Waals surface area contributed by atoms with E-state index < -0.39 is 150 Å². The van der Waals surface area contributed by atoms with E-state index >= 15 is 0 Å². The summed E-state index contributed by atoms with van der Waals surface area (Å²) in [6.07, 6.45) is 0. The molecule has 342 valence electrons. The molecule has 0 heterocycles. The molecule has 0 N–H and O–H groups in total. The first kappa shape index (κ1) is 76.4. The van der Waals surface area contributed by atoms with Gasteiger partial charge in [-0.05, 0) is 0 Å². The van der Waals surface area contributed by atoms with Crippen molar-refractivity contribution in [1.82, 2.24) is 29.4 Å². The minimum Gasteiger partial charge on any atom is -0.549 e. The zero-order valence-corrected chi connectivity index (χ0v) is 48.0. The summed E-state index contributed by atoms with van der Waals surface area (Å²) in [6.45, 7) is -9.75. The van der Waals surface area contributed by atoms with Crippen LogP contribution < -0.4 is 61.3 Å². The Bertz CT molecular complexity index is 1140. The maximum Gasteiger partial charge on any atom is 3.00 e. The van der Waals surface area contributed by atoms with E-state index in [-0.39, 0.29) is 182 Å². The zero-order valence-electron chi connectivity index (χ0n) is 33.5. The molecule has 0 amide bonds. The smallest absolute Gasteiger partial charge is 0.549 e.